The molecule has 0 saturated heterocycles. The van der Waals surface area contributed by atoms with Crippen LogP contribution in [0.2, 0.25) is 0 Å². The predicted molar refractivity (Wildman–Crippen MR) is 417 cm³/mol. The van der Waals surface area contributed by atoms with Crippen LogP contribution in [0.1, 0.15) is 361 Å². The van der Waals surface area contributed by atoms with Gasteiger partial charge in [-0.3, -0.25) is 9.59 Å². The molecule has 0 heterocycles. The lowest BCUT2D eigenvalue weighted by atomic mass is 10.0. The number of allylic oxidation sites excluding steroid dienone is 28. The smallest absolute Gasteiger partial charge is 0.306 e. The van der Waals surface area contributed by atoms with E-state index in [0.29, 0.717) is 12.8 Å². The van der Waals surface area contributed by atoms with E-state index in [9.17, 15) is 14.7 Å². The van der Waals surface area contributed by atoms with Crippen LogP contribution in [0.5, 0.6) is 0 Å². The number of ether oxygens (including phenoxy) is 2. The molecule has 1 atom stereocenters. The molecule has 94 heavy (non-hydrogen) atoms. The maximum Gasteiger partial charge on any atom is 0.306 e. The number of unbranched alkanes of at least 4 members (excludes halogenated alkanes) is 36. The Morgan fingerprint density at radius 2 is 0.457 bits per heavy atom. The summed E-state index contributed by atoms with van der Waals surface area (Å²) >= 11 is 0. The van der Waals surface area contributed by atoms with Gasteiger partial charge in [0.05, 0.1) is 6.61 Å². The number of aliphatic hydroxyl groups is 1. The molecule has 534 valence electrons. The van der Waals surface area contributed by atoms with E-state index < -0.39 is 6.10 Å². The van der Waals surface area contributed by atoms with Gasteiger partial charge in [-0.25, -0.2) is 0 Å². The third kappa shape index (κ3) is 79.7. The molecule has 5 heteroatoms. The molecule has 1 unspecified atom stereocenters. The van der Waals surface area contributed by atoms with Crippen LogP contribution in [0, 0.1) is 0 Å². The first kappa shape index (κ1) is 89.3. The SMILES string of the molecule is CC/C=C\C/C=C\C/C=C\C/C=C\C/C=C\C/C=C\C/C=C\C/C=C\C/C=C\C/C=C\C/C=C\C/C=C\CCCCCCC(=O)OC(CO)COC(=O)CCCCCCCCCCCCCCCCCCCCCCCCCCCCC/C=C\C/C=C\CCCCCCC. The molecule has 0 aromatic heterocycles. The fourth-order valence-electron chi connectivity index (χ4n) is 11.1. The van der Waals surface area contributed by atoms with Crippen LogP contribution in [0.25, 0.3) is 0 Å². The van der Waals surface area contributed by atoms with Crippen LogP contribution in [0.3, 0.4) is 0 Å². The van der Waals surface area contributed by atoms with Gasteiger partial charge in [0.2, 0.25) is 0 Å². The molecule has 0 radical (unpaired) electrons. The van der Waals surface area contributed by atoms with Gasteiger partial charge in [0.1, 0.15) is 6.61 Å². The molecule has 0 aromatic rings. The van der Waals surface area contributed by atoms with Crippen molar-refractivity contribution < 1.29 is 24.2 Å². The average molecular weight is 1300 g/mol. The third-order valence-electron chi connectivity index (χ3n) is 17.0. The molecule has 1 N–H and O–H groups in total. The molecule has 0 aliphatic carbocycles. The maximum absolute atomic E-state index is 12.4. The first-order chi connectivity index (χ1) is 46.6. The first-order valence-corrected chi connectivity index (χ1v) is 39.7. The summed E-state index contributed by atoms with van der Waals surface area (Å²) in [5.74, 6) is -0.617. The standard InChI is InChI=1S/C89H148O5/c1-3-5-7-9-11-13-15-17-19-21-23-25-27-29-31-33-35-37-39-41-43-44-46-48-50-52-54-56-58-60-62-64-66-68-70-72-74-76-78-80-82-84-89(92)94-87(85-90)86-93-88(91)83-81-79-77-75-73-71-69-67-65-63-61-59-57-55-53-51-49-47-45-42-40-38-36-34-32-30-28-26-24-22-20-18-16-14-12-10-8-6-4-2/h5,7,11,13,16-19,22-25,29,31,35,37,41,43,46,48,52,54,58,60,64,66,70,72,87,90H,3-4,6,8-10,12,14-15,20-21,26-28,30,32-34,36,38-40,42,44-45,47,49-51,53,55-57,59,61-63,65,67-69,71,73-86H2,1-2H3/b7-5-,13-11-,18-16-,19-17-,24-22-,25-23-,31-29-,37-35-,43-41-,48-46-,54-52-,60-58-,66-64-,72-70-. The van der Waals surface area contributed by atoms with Crippen molar-refractivity contribution >= 4 is 11.9 Å². The molecule has 5 nitrogen and oxygen atoms in total. The quantitative estimate of drug-likeness (QED) is 0.0373. The summed E-state index contributed by atoms with van der Waals surface area (Å²) in [6.45, 7) is 4.02. The molecule has 0 aromatic carbocycles. The minimum absolute atomic E-state index is 0.0825. The van der Waals surface area contributed by atoms with Crippen LogP contribution < -0.4 is 0 Å². The summed E-state index contributed by atoms with van der Waals surface area (Å²) in [6, 6.07) is 0. The molecule has 0 bridgehead atoms. The number of carbonyl (C=O) groups excluding carboxylic acids is 2. The monoisotopic (exact) mass is 1300 g/mol. The minimum Gasteiger partial charge on any atom is -0.462 e. The Morgan fingerprint density at radius 1 is 0.255 bits per heavy atom. The second kappa shape index (κ2) is 82.5. The topological polar surface area (TPSA) is 72.8 Å². The van der Waals surface area contributed by atoms with Crippen molar-refractivity contribution in [3.63, 3.8) is 0 Å². The highest BCUT2D eigenvalue weighted by Gasteiger charge is 2.16. The summed E-state index contributed by atoms with van der Waals surface area (Å²) in [7, 11) is 0. The minimum atomic E-state index is -0.798. The lowest BCUT2D eigenvalue weighted by Gasteiger charge is -2.15. The summed E-state index contributed by atoms with van der Waals surface area (Å²) in [5, 5.41) is 9.72. The molecule has 0 amide bonds. The Balaban J connectivity index is 3.54. The van der Waals surface area contributed by atoms with Gasteiger partial charge >= 0.3 is 11.9 Å². The highest BCUT2D eigenvalue weighted by atomic mass is 16.6. The summed E-state index contributed by atoms with van der Waals surface area (Å²) < 4.78 is 10.8. The molecule has 0 fully saturated rings. The first-order valence-electron chi connectivity index (χ1n) is 39.7. The van der Waals surface area contributed by atoms with Gasteiger partial charge in [0, 0.05) is 12.8 Å². The van der Waals surface area contributed by atoms with Gasteiger partial charge < -0.3 is 14.6 Å². The highest BCUT2D eigenvalue weighted by molar-refractivity contribution is 5.70. The Hall–Kier alpha value is -4.74. The summed E-state index contributed by atoms with van der Waals surface area (Å²) in [5.41, 5.74) is 0. The van der Waals surface area contributed by atoms with E-state index in [-0.39, 0.29) is 25.2 Å². The second-order valence-corrected chi connectivity index (χ2v) is 26.1. The van der Waals surface area contributed by atoms with Crippen LogP contribution in [0.15, 0.2) is 170 Å². The zero-order chi connectivity index (χ0) is 67.5. The molecular weight excluding hydrogens is 1150 g/mol. The van der Waals surface area contributed by atoms with Crippen molar-refractivity contribution in [1.82, 2.24) is 0 Å². The third-order valence-corrected chi connectivity index (χ3v) is 17.0. The van der Waals surface area contributed by atoms with Crippen LogP contribution in [0.4, 0.5) is 0 Å². The van der Waals surface area contributed by atoms with Crippen LogP contribution in [-0.4, -0.2) is 36.4 Å². The summed E-state index contributed by atoms with van der Waals surface area (Å²) in [4.78, 5) is 24.7. The van der Waals surface area contributed by atoms with E-state index >= 15 is 0 Å². The van der Waals surface area contributed by atoms with Crippen molar-refractivity contribution in [2.75, 3.05) is 13.2 Å². The van der Waals surface area contributed by atoms with E-state index in [4.69, 9.17) is 9.47 Å². The molecule has 0 rings (SSSR count). The number of aliphatic hydroxyl groups excluding tert-OH is 1. The number of esters is 2. The largest absolute Gasteiger partial charge is 0.462 e. The molecule has 0 aliphatic heterocycles. The number of hydrogen-bond acceptors (Lipinski definition) is 5. The fourth-order valence-corrected chi connectivity index (χ4v) is 11.1. The van der Waals surface area contributed by atoms with E-state index in [2.05, 4.69) is 184 Å². The number of carbonyl (C=O) groups is 2. The highest BCUT2D eigenvalue weighted by Crippen LogP contribution is 2.18. The zero-order valence-electron chi connectivity index (χ0n) is 61.4. The van der Waals surface area contributed by atoms with Crippen LogP contribution in [-0.2, 0) is 19.1 Å². The van der Waals surface area contributed by atoms with Crippen LogP contribution >= 0.6 is 0 Å². The lowest BCUT2D eigenvalue weighted by molar-refractivity contribution is -0.161. The molecule has 0 spiro atoms. The number of hydrogen-bond donors (Lipinski definition) is 1. The Kier molecular flexibility index (Phi) is 78.3. The Morgan fingerprint density at radius 3 is 0.691 bits per heavy atom. The maximum atomic E-state index is 12.4. The lowest BCUT2D eigenvalue weighted by Crippen LogP contribution is -2.28. The van der Waals surface area contributed by atoms with Crippen molar-refractivity contribution in [2.24, 2.45) is 0 Å². The van der Waals surface area contributed by atoms with Gasteiger partial charge in [0.15, 0.2) is 6.10 Å². The van der Waals surface area contributed by atoms with Crippen molar-refractivity contribution in [2.45, 2.75) is 367 Å². The van der Waals surface area contributed by atoms with E-state index in [1.54, 1.807) is 0 Å². The van der Waals surface area contributed by atoms with Gasteiger partial charge in [0.25, 0.3) is 0 Å². The van der Waals surface area contributed by atoms with Gasteiger partial charge in [-0.15, -0.1) is 0 Å². The van der Waals surface area contributed by atoms with Gasteiger partial charge in [-0.2, -0.15) is 0 Å². The van der Waals surface area contributed by atoms with Crippen molar-refractivity contribution in [3.8, 4) is 0 Å². The summed E-state index contributed by atoms with van der Waals surface area (Å²) in [6.07, 6.45) is 127. The van der Waals surface area contributed by atoms with Crippen molar-refractivity contribution in [1.29, 1.82) is 0 Å². The van der Waals surface area contributed by atoms with Gasteiger partial charge in [-0.05, 0) is 135 Å². The molecule has 0 saturated carbocycles. The predicted octanol–water partition coefficient (Wildman–Crippen LogP) is 28.3. The average Bonchev–Trinajstić information content (AvgIpc) is 3.77. The Labute approximate surface area is 583 Å². The van der Waals surface area contributed by atoms with Gasteiger partial charge in [-0.1, -0.05) is 383 Å². The fraction of sp³-hybridized carbons (Fsp3) is 0.663. The zero-order valence-corrected chi connectivity index (χ0v) is 61.4. The van der Waals surface area contributed by atoms with Crippen molar-refractivity contribution in [3.05, 3.63) is 170 Å². The normalized spacial score (nSPS) is 13.2. The van der Waals surface area contributed by atoms with E-state index in [1.165, 1.54) is 199 Å². The Bertz CT molecular complexity index is 2010. The second-order valence-electron chi connectivity index (χ2n) is 26.1. The molecule has 0 aliphatic rings. The van der Waals surface area contributed by atoms with E-state index in [0.717, 1.165) is 135 Å². The number of rotatable bonds is 72. The molecular formula is C89H148O5. The van der Waals surface area contributed by atoms with E-state index in [1.807, 2.05) is 0 Å².